The van der Waals surface area contributed by atoms with Crippen molar-refractivity contribution in [1.82, 2.24) is 19.6 Å². The van der Waals surface area contributed by atoms with Crippen LogP contribution in [0.2, 0.25) is 5.02 Å². The number of hydrogen-bond donors (Lipinski definition) is 1. The number of carbonyl (C=O) groups is 1. The lowest BCUT2D eigenvalue weighted by atomic mass is 10.2. The van der Waals surface area contributed by atoms with Crippen LogP contribution in [-0.4, -0.2) is 25.5 Å². The number of anilines is 1. The highest BCUT2D eigenvalue weighted by Crippen LogP contribution is 2.20. The maximum atomic E-state index is 12.1. The number of halogens is 1. The topological polar surface area (TPSA) is 72.2 Å². The van der Waals surface area contributed by atoms with Crippen LogP contribution in [0.25, 0.3) is 5.78 Å². The zero-order valence-corrected chi connectivity index (χ0v) is 11.3. The summed E-state index contributed by atoms with van der Waals surface area (Å²) in [5.41, 5.74) is 1.54. The van der Waals surface area contributed by atoms with Gasteiger partial charge in [0.25, 0.3) is 11.7 Å². The van der Waals surface area contributed by atoms with Crippen molar-refractivity contribution in [1.29, 1.82) is 0 Å². The molecule has 7 heteroatoms. The SMILES string of the molecule is Cc1ccc(NC(=O)c2nc3ncccn3n2)cc1Cl. The van der Waals surface area contributed by atoms with E-state index in [4.69, 9.17) is 11.6 Å². The van der Waals surface area contributed by atoms with Crippen molar-refractivity contribution in [3.05, 3.63) is 53.1 Å². The number of benzene rings is 1. The molecule has 0 aliphatic rings. The molecule has 2 heterocycles. The summed E-state index contributed by atoms with van der Waals surface area (Å²) in [6, 6.07) is 7.00. The zero-order valence-electron chi connectivity index (χ0n) is 10.5. The first-order valence-corrected chi connectivity index (χ1v) is 6.26. The van der Waals surface area contributed by atoms with Crippen molar-refractivity contribution in [3.8, 4) is 0 Å². The number of amides is 1. The first kappa shape index (κ1) is 12.6. The number of nitrogens with one attached hydrogen (secondary N) is 1. The van der Waals surface area contributed by atoms with Gasteiger partial charge >= 0.3 is 0 Å². The Morgan fingerprint density at radius 1 is 1.40 bits per heavy atom. The Kier molecular flexibility index (Phi) is 3.08. The monoisotopic (exact) mass is 287 g/mol. The van der Waals surface area contributed by atoms with E-state index in [1.165, 1.54) is 4.52 Å². The number of rotatable bonds is 2. The van der Waals surface area contributed by atoms with E-state index in [2.05, 4.69) is 20.4 Å². The van der Waals surface area contributed by atoms with E-state index >= 15 is 0 Å². The van der Waals surface area contributed by atoms with E-state index in [0.717, 1.165) is 5.56 Å². The Morgan fingerprint density at radius 2 is 2.25 bits per heavy atom. The molecule has 0 bridgehead atoms. The predicted octanol–water partition coefficient (Wildman–Crippen LogP) is 2.34. The van der Waals surface area contributed by atoms with E-state index in [0.29, 0.717) is 16.5 Å². The summed E-state index contributed by atoms with van der Waals surface area (Å²) in [5.74, 6) is 0.0235. The number of nitrogens with zero attached hydrogens (tertiary/aromatic N) is 4. The molecule has 0 atom stereocenters. The molecule has 20 heavy (non-hydrogen) atoms. The van der Waals surface area contributed by atoms with Crippen LogP contribution in [-0.2, 0) is 0 Å². The first-order valence-electron chi connectivity index (χ1n) is 5.88. The van der Waals surface area contributed by atoms with Gasteiger partial charge in [0.05, 0.1) is 0 Å². The minimum Gasteiger partial charge on any atom is -0.319 e. The number of carbonyl (C=O) groups excluding carboxylic acids is 1. The molecule has 0 saturated carbocycles. The van der Waals surface area contributed by atoms with Crippen molar-refractivity contribution in [2.75, 3.05) is 5.32 Å². The van der Waals surface area contributed by atoms with Gasteiger partial charge in [0, 0.05) is 23.1 Å². The molecule has 0 aliphatic heterocycles. The third kappa shape index (κ3) is 2.33. The Bertz CT molecular complexity index is 765. The molecule has 0 radical (unpaired) electrons. The number of hydrogen-bond acceptors (Lipinski definition) is 4. The summed E-state index contributed by atoms with van der Waals surface area (Å²) < 4.78 is 1.44. The second kappa shape index (κ2) is 4.90. The normalized spacial score (nSPS) is 10.7. The maximum absolute atomic E-state index is 12.1. The minimum atomic E-state index is -0.407. The molecule has 2 aromatic heterocycles. The fourth-order valence-corrected chi connectivity index (χ4v) is 1.87. The van der Waals surface area contributed by atoms with Gasteiger partial charge in [0.2, 0.25) is 5.82 Å². The van der Waals surface area contributed by atoms with E-state index < -0.39 is 5.91 Å². The maximum Gasteiger partial charge on any atom is 0.295 e. The van der Waals surface area contributed by atoms with Crippen LogP contribution >= 0.6 is 11.6 Å². The third-order valence-corrected chi connectivity index (χ3v) is 3.16. The fraction of sp³-hybridized carbons (Fsp3) is 0.0769. The summed E-state index contributed by atoms with van der Waals surface area (Å²) >= 11 is 6.01. The summed E-state index contributed by atoms with van der Waals surface area (Å²) in [5, 5.41) is 7.33. The lowest BCUT2D eigenvalue weighted by Gasteiger charge is -2.04. The molecule has 0 fully saturated rings. The third-order valence-electron chi connectivity index (χ3n) is 2.75. The van der Waals surface area contributed by atoms with E-state index in [-0.39, 0.29) is 5.82 Å². The molecule has 1 aromatic carbocycles. The van der Waals surface area contributed by atoms with Crippen molar-refractivity contribution >= 4 is 29.0 Å². The van der Waals surface area contributed by atoms with Crippen molar-refractivity contribution in [3.63, 3.8) is 0 Å². The van der Waals surface area contributed by atoms with Gasteiger partial charge in [0.1, 0.15) is 0 Å². The molecule has 0 aliphatic carbocycles. The van der Waals surface area contributed by atoms with E-state index in [1.54, 1.807) is 30.6 Å². The summed E-state index contributed by atoms with van der Waals surface area (Å²) in [7, 11) is 0. The highest BCUT2D eigenvalue weighted by Gasteiger charge is 2.13. The van der Waals surface area contributed by atoms with Gasteiger partial charge in [-0.05, 0) is 30.7 Å². The molecular formula is C13H10ClN5O. The molecule has 0 saturated heterocycles. The van der Waals surface area contributed by atoms with Crippen LogP contribution in [0.4, 0.5) is 5.69 Å². The summed E-state index contributed by atoms with van der Waals surface area (Å²) in [4.78, 5) is 20.1. The largest absolute Gasteiger partial charge is 0.319 e. The summed E-state index contributed by atoms with van der Waals surface area (Å²) in [6.07, 6.45) is 3.26. The highest BCUT2D eigenvalue weighted by atomic mass is 35.5. The minimum absolute atomic E-state index is 0.0559. The number of aryl methyl sites for hydroxylation is 1. The van der Waals surface area contributed by atoms with Gasteiger partial charge in [-0.15, -0.1) is 5.10 Å². The van der Waals surface area contributed by atoms with Gasteiger partial charge in [-0.2, -0.15) is 4.98 Å². The Labute approximate surface area is 119 Å². The van der Waals surface area contributed by atoms with Crippen molar-refractivity contribution in [2.24, 2.45) is 0 Å². The molecule has 3 rings (SSSR count). The van der Waals surface area contributed by atoms with E-state index in [1.807, 2.05) is 13.0 Å². The average molecular weight is 288 g/mol. The van der Waals surface area contributed by atoms with Gasteiger partial charge in [-0.25, -0.2) is 9.50 Å². The van der Waals surface area contributed by atoms with Gasteiger partial charge in [-0.3, -0.25) is 4.79 Å². The van der Waals surface area contributed by atoms with Crippen molar-refractivity contribution in [2.45, 2.75) is 6.92 Å². The van der Waals surface area contributed by atoms with Crippen molar-refractivity contribution < 1.29 is 4.79 Å². The first-order chi connectivity index (χ1) is 9.63. The van der Waals surface area contributed by atoms with Gasteiger partial charge in [-0.1, -0.05) is 17.7 Å². The predicted molar refractivity (Wildman–Crippen MR) is 74.9 cm³/mol. The highest BCUT2D eigenvalue weighted by molar-refractivity contribution is 6.31. The van der Waals surface area contributed by atoms with Crippen LogP contribution < -0.4 is 5.32 Å². The van der Waals surface area contributed by atoms with E-state index in [9.17, 15) is 4.79 Å². The summed E-state index contributed by atoms with van der Waals surface area (Å²) in [6.45, 7) is 1.89. The molecule has 0 spiro atoms. The van der Waals surface area contributed by atoms with Crippen LogP contribution in [0, 0.1) is 6.92 Å². The molecule has 1 amide bonds. The van der Waals surface area contributed by atoms with Crippen LogP contribution in [0.5, 0.6) is 0 Å². The average Bonchev–Trinajstić information content (AvgIpc) is 2.87. The smallest absolute Gasteiger partial charge is 0.295 e. The molecule has 100 valence electrons. The van der Waals surface area contributed by atoms with Crippen LogP contribution in [0.1, 0.15) is 16.2 Å². The number of aromatic nitrogens is 4. The standard InChI is InChI=1S/C13H10ClN5O/c1-8-3-4-9(7-10(8)14)16-12(20)11-17-13-15-5-2-6-19(13)18-11/h2-7H,1H3,(H,16,20). The zero-order chi connectivity index (χ0) is 14.1. The Balaban J connectivity index is 1.86. The van der Waals surface area contributed by atoms with Gasteiger partial charge < -0.3 is 5.32 Å². The lowest BCUT2D eigenvalue weighted by Crippen LogP contribution is -2.14. The van der Waals surface area contributed by atoms with Crippen LogP contribution in [0.3, 0.4) is 0 Å². The van der Waals surface area contributed by atoms with Crippen LogP contribution in [0.15, 0.2) is 36.7 Å². The Hall–Kier alpha value is -2.47. The fourth-order valence-electron chi connectivity index (χ4n) is 1.69. The van der Waals surface area contributed by atoms with Gasteiger partial charge in [0.15, 0.2) is 0 Å². The Morgan fingerprint density at radius 3 is 3.00 bits per heavy atom. The number of fused-ring (bicyclic) bond motifs is 1. The second-order valence-electron chi connectivity index (χ2n) is 4.22. The molecule has 6 nitrogen and oxygen atoms in total. The molecule has 3 aromatic rings. The molecule has 0 unspecified atom stereocenters. The molecule has 1 N–H and O–H groups in total. The second-order valence-corrected chi connectivity index (χ2v) is 4.62. The molecular weight excluding hydrogens is 278 g/mol. The lowest BCUT2D eigenvalue weighted by molar-refractivity contribution is 0.101. The quantitative estimate of drug-likeness (QED) is 0.785.